The van der Waals surface area contributed by atoms with Crippen molar-refractivity contribution >= 4 is 16.8 Å². The zero-order valence-electron chi connectivity index (χ0n) is 9.68. The molecule has 2 aromatic rings. The first-order chi connectivity index (χ1) is 8.25. The van der Waals surface area contributed by atoms with Crippen LogP contribution >= 0.6 is 0 Å². The molecule has 3 heteroatoms. The molecule has 2 aromatic carbocycles. The molecule has 1 aliphatic rings. The van der Waals surface area contributed by atoms with Gasteiger partial charge in [0.05, 0.1) is 6.04 Å². The monoisotopic (exact) mass is 226 g/mol. The first-order valence-electron chi connectivity index (χ1n) is 5.75. The Kier molecular flexibility index (Phi) is 2.25. The van der Waals surface area contributed by atoms with Crippen LogP contribution in [0.3, 0.4) is 0 Å². The molecule has 3 nitrogen and oxygen atoms in total. The van der Waals surface area contributed by atoms with Crippen LogP contribution in [-0.4, -0.2) is 24.5 Å². The first-order valence-corrected chi connectivity index (χ1v) is 5.75. The molecule has 0 aromatic heterocycles. The summed E-state index contributed by atoms with van der Waals surface area (Å²) >= 11 is 0. The van der Waals surface area contributed by atoms with Crippen LogP contribution in [0.2, 0.25) is 0 Å². The summed E-state index contributed by atoms with van der Waals surface area (Å²) in [6.07, 6.45) is 0. The Bertz CT molecular complexity index is 574. The second-order valence-electron chi connectivity index (χ2n) is 4.45. The van der Waals surface area contributed by atoms with Crippen LogP contribution in [0.25, 0.3) is 10.8 Å². The van der Waals surface area contributed by atoms with Crippen LogP contribution in [0.1, 0.15) is 11.6 Å². The van der Waals surface area contributed by atoms with Gasteiger partial charge in [0.1, 0.15) is 0 Å². The fourth-order valence-electron chi connectivity index (χ4n) is 2.39. The summed E-state index contributed by atoms with van der Waals surface area (Å²) in [6, 6.07) is 14.6. The van der Waals surface area contributed by atoms with Crippen LogP contribution in [0.15, 0.2) is 42.5 Å². The van der Waals surface area contributed by atoms with Gasteiger partial charge < -0.3 is 10.2 Å². The van der Waals surface area contributed by atoms with Crippen LogP contribution in [0.4, 0.5) is 4.79 Å². The highest BCUT2D eigenvalue weighted by Gasteiger charge is 2.27. The topological polar surface area (TPSA) is 32.3 Å². The van der Waals surface area contributed by atoms with Crippen molar-refractivity contribution in [3.63, 3.8) is 0 Å². The van der Waals surface area contributed by atoms with Crippen molar-refractivity contribution in [1.29, 1.82) is 0 Å². The van der Waals surface area contributed by atoms with Gasteiger partial charge in [0.2, 0.25) is 0 Å². The number of nitrogens with one attached hydrogen (secondary N) is 1. The van der Waals surface area contributed by atoms with E-state index in [4.69, 9.17) is 0 Å². The van der Waals surface area contributed by atoms with Crippen LogP contribution in [-0.2, 0) is 0 Å². The highest BCUT2D eigenvalue weighted by molar-refractivity contribution is 5.87. The third-order valence-electron chi connectivity index (χ3n) is 3.30. The molecular weight excluding hydrogens is 212 g/mol. The van der Waals surface area contributed by atoms with Gasteiger partial charge >= 0.3 is 6.03 Å². The van der Waals surface area contributed by atoms with Crippen molar-refractivity contribution in [2.75, 3.05) is 13.6 Å². The maximum absolute atomic E-state index is 11.5. The van der Waals surface area contributed by atoms with E-state index < -0.39 is 0 Å². The number of amides is 2. The van der Waals surface area contributed by atoms with Gasteiger partial charge in [-0.1, -0.05) is 42.5 Å². The quantitative estimate of drug-likeness (QED) is 0.796. The minimum absolute atomic E-state index is 0.00272. The molecule has 17 heavy (non-hydrogen) atoms. The number of carbonyl (C=O) groups excluding carboxylic acids is 1. The molecule has 1 saturated heterocycles. The highest BCUT2D eigenvalue weighted by atomic mass is 16.2. The molecule has 3 rings (SSSR count). The Labute approximate surface area is 100 Å². The summed E-state index contributed by atoms with van der Waals surface area (Å²) in [4.78, 5) is 13.2. The molecule has 1 N–H and O–H groups in total. The fourth-order valence-corrected chi connectivity index (χ4v) is 2.39. The van der Waals surface area contributed by atoms with Gasteiger partial charge in [-0.25, -0.2) is 4.79 Å². The van der Waals surface area contributed by atoms with Crippen LogP contribution in [0.5, 0.6) is 0 Å². The average molecular weight is 226 g/mol. The van der Waals surface area contributed by atoms with Gasteiger partial charge in [0, 0.05) is 13.6 Å². The summed E-state index contributed by atoms with van der Waals surface area (Å²) in [5.74, 6) is 0. The Morgan fingerprint density at radius 3 is 2.71 bits per heavy atom. The van der Waals surface area contributed by atoms with Crippen LogP contribution < -0.4 is 5.32 Å². The van der Waals surface area contributed by atoms with Gasteiger partial charge in [-0.3, -0.25) is 0 Å². The third-order valence-corrected chi connectivity index (χ3v) is 3.30. The maximum Gasteiger partial charge on any atom is 0.317 e. The normalized spacial score (nSPS) is 19.7. The Balaban J connectivity index is 2.09. The van der Waals surface area contributed by atoms with E-state index in [1.54, 1.807) is 4.90 Å². The van der Waals surface area contributed by atoms with Crippen LogP contribution in [0, 0.1) is 0 Å². The molecule has 1 aliphatic heterocycles. The molecule has 0 bridgehead atoms. The van der Waals surface area contributed by atoms with E-state index in [9.17, 15) is 4.79 Å². The van der Waals surface area contributed by atoms with E-state index in [1.807, 2.05) is 25.2 Å². The van der Waals surface area contributed by atoms with Crippen molar-refractivity contribution in [2.24, 2.45) is 0 Å². The highest BCUT2D eigenvalue weighted by Crippen LogP contribution is 2.27. The smallest absolute Gasteiger partial charge is 0.317 e. The second-order valence-corrected chi connectivity index (χ2v) is 4.45. The zero-order chi connectivity index (χ0) is 11.8. The van der Waals surface area contributed by atoms with Gasteiger partial charge in [-0.2, -0.15) is 0 Å². The largest absolute Gasteiger partial charge is 0.329 e. The molecule has 1 heterocycles. The molecule has 1 fully saturated rings. The van der Waals surface area contributed by atoms with Gasteiger partial charge in [0.25, 0.3) is 0 Å². The van der Waals surface area contributed by atoms with Crippen molar-refractivity contribution in [3.8, 4) is 0 Å². The van der Waals surface area contributed by atoms with Crippen molar-refractivity contribution < 1.29 is 4.79 Å². The molecule has 86 valence electrons. The van der Waals surface area contributed by atoms with Crippen molar-refractivity contribution in [1.82, 2.24) is 10.2 Å². The van der Waals surface area contributed by atoms with E-state index in [-0.39, 0.29) is 12.1 Å². The molecule has 0 saturated carbocycles. The summed E-state index contributed by atoms with van der Waals surface area (Å²) in [5.41, 5.74) is 1.20. The lowest BCUT2D eigenvalue weighted by Crippen LogP contribution is -2.23. The lowest BCUT2D eigenvalue weighted by atomic mass is 9.99. The standard InChI is InChI=1S/C14H14N2O/c1-16-9-13(15-14(16)17)12-8-4-6-10-5-2-3-7-11(10)12/h2-8,13H,9H2,1H3,(H,15,17). The van der Waals surface area contributed by atoms with Gasteiger partial charge in [-0.15, -0.1) is 0 Å². The van der Waals surface area contributed by atoms with Crippen molar-refractivity contribution in [2.45, 2.75) is 6.04 Å². The minimum Gasteiger partial charge on any atom is -0.329 e. The summed E-state index contributed by atoms with van der Waals surface area (Å²) < 4.78 is 0. The Hall–Kier alpha value is -2.03. The SMILES string of the molecule is CN1CC(c2cccc3ccccc23)NC1=O. The van der Waals surface area contributed by atoms with Crippen molar-refractivity contribution in [3.05, 3.63) is 48.0 Å². The lowest BCUT2D eigenvalue weighted by molar-refractivity contribution is 0.226. The number of benzene rings is 2. The molecule has 1 unspecified atom stereocenters. The number of hydrogen-bond donors (Lipinski definition) is 1. The number of likely N-dealkylation sites (N-methyl/N-ethyl adjacent to an activating group) is 1. The van der Waals surface area contributed by atoms with E-state index in [2.05, 4.69) is 29.6 Å². The minimum atomic E-state index is 0.00272. The number of rotatable bonds is 1. The fraction of sp³-hybridized carbons (Fsp3) is 0.214. The maximum atomic E-state index is 11.5. The molecular formula is C14H14N2O. The molecule has 0 radical (unpaired) electrons. The average Bonchev–Trinajstić information content (AvgIpc) is 2.69. The summed E-state index contributed by atoms with van der Waals surface area (Å²) in [6.45, 7) is 0.729. The predicted molar refractivity (Wildman–Crippen MR) is 67.9 cm³/mol. The first kappa shape index (κ1) is 10.1. The predicted octanol–water partition coefficient (Wildman–Crippen LogP) is 2.54. The molecule has 2 amide bonds. The number of nitrogens with zero attached hydrogens (tertiary/aromatic N) is 1. The molecule has 0 aliphatic carbocycles. The third kappa shape index (κ3) is 1.64. The number of urea groups is 1. The number of fused-ring (bicyclic) bond motifs is 1. The number of carbonyl (C=O) groups is 1. The summed E-state index contributed by atoms with van der Waals surface area (Å²) in [7, 11) is 1.82. The van der Waals surface area contributed by atoms with E-state index in [0.29, 0.717) is 0 Å². The number of hydrogen-bond acceptors (Lipinski definition) is 1. The lowest BCUT2D eigenvalue weighted by Gasteiger charge is -2.12. The second kappa shape index (κ2) is 3.77. The summed E-state index contributed by atoms with van der Waals surface area (Å²) in [5, 5.41) is 5.43. The van der Waals surface area contributed by atoms with Gasteiger partial charge in [-0.05, 0) is 16.3 Å². The molecule has 1 atom stereocenters. The van der Waals surface area contributed by atoms with E-state index in [0.717, 1.165) is 6.54 Å². The Morgan fingerprint density at radius 2 is 1.94 bits per heavy atom. The van der Waals surface area contributed by atoms with E-state index in [1.165, 1.54) is 16.3 Å². The van der Waals surface area contributed by atoms with E-state index >= 15 is 0 Å². The van der Waals surface area contributed by atoms with Gasteiger partial charge in [0.15, 0.2) is 0 Å². The Morgan fingerprint density at radius 1 is 1.18 bits per heavy atom. The molecule has 0 spiro atoms. The zero-order valence-corrected chi connectivity index (χ0v) is 9.68.